The van der Waals surface area contributed by atoms with Crippen LogP contribution >= 0.6 is 0 Å². The summed E-state index contributed by atoms with van der Waals surface area (Å²) in [4.78, 5) is 12.9. The van der Waals surface area contributed by atoms with Crippen molar-refractivity contribution >= 4 is 22.5 Å². The molecule has 0 saturated heterocycles. The van der Waals surface area contributed by atoms with E-state index in [4.69, 9.17) is 4.74 Å². The number of para-hydroxylation sites is 1. The van der Waals surface area contributed by atoms with Crippen molar-refractivity contribution in [2.24, 2.45) is 0 Å². The topological polar surface area (TPSA) is 73.2 Å². The first kappa shape index (κ1) is 18.4. The molecule has 0 radical (unpaired) electrons. The molecule has 0 unspecified atom stereocenters. The zero-order valence-corrected chi connectivity index (χ0v) is 16.6. The summed E-state index contributed by atoms with van der Waals surface area (Å²) in [6.45, 7) is 4.49. The first-order valence-electron chi connectivity index (χ1n) is 9.12. The number of carbonyl (C=O) groups is 1. The molecule has 3 aromatic rings. The Bertz CT molecular complexity index is 1060. The molecule has 4 rings (SSSR count). The van der Waals surface area contributed by atoms with E-state index in [0.29, 0.717) is 29.5 Å². The van der Waals surface area contributed by atoms with Crippen LogP contribution in [0.25, 0.3) is 5.69 Å². The lowest BCUT2D eigenvalue weighted by Gasteiger charge is -2.13. The Morgan fingerprint density at radius 1 is 1.18 bits per heavy atom. The Kier molecular flexibility index (Phi) is 5.00. The van der Waals surface area contributed by atoms with Gasteiger partial charge in [-0.1, -0.05) is 18.2 Å². The molecule has 0 saturated carbocycles. The number of fused-ring (bicyclic) bond motifs is 1. The summed E-state index contributed by atoms with van der Waals surface area (Å²) in [5, 5.41) is 7.64. The number of rotatable bonds is 5. The lowest BCUT2D eigenvalue weighted by atomic mass is 10.2. The normalized spacial score (nSPS) is 15.3. The van der Waals surface area contributed by atoms with Crippen molar-refractivity contribution in [1.29, 1.82) is 0 Å². The van der Waals surface area contributed by atoms with E-state index in [2.05, 4.69) is 10.4 Å². The van der Waals surface area contributed by atoms with E-state index in [0.717, 1.165) is 28.3 Å². The van der Waals surface area contributed by atoms with E-state index in [1.54, 1.807) is 28.9 Å². The lowest BCUT2D eigenvalue weighted by Crippen LogP contribution is -2.17. The van der Waals surface area contributed by atoms with Crippen LogP contribution in [0, 0.1) is 6.92 Å². The maximum atomic E-state index is 12.9. The number of aryl methyl sites for hydroxylation is 1. The molecule has 6 nitrogen and oxygen atoms in total. The van der Waals surface area contributed by atoms with Gasteiger partial charge in [0.05, 0.1) is 29.5 Å². The third-order valence-corrected chi connectivity index (χ3v) is 5.88. The molecule has 1 amide bonds. The molecule has 0 spiro atoms. The monoisotopic (exact) mass is 395 g/mol. The molecule has 0 bridgehead atoms. The van der Waals surface area contributed by atoms with Crippen molar-refractivity contribution in [3.8, 4) is 11.4 Å². The van der Waals surface area contributed by atoms with Gasteiger partial charge in [0.1, 0.15) is 11.6 Å². The summed E-state index contributed by atoms with van der Waals surface area (Å²) < 4.78 is 19.2. The molecule has 1 aliphatic rings. The van der Waals surface area contributed by atoms with Gasteiger partial charge in [-0.2, -0.15) is 5.10 Å². The minimum atomic E-state index is -0.977. The van der Waals surface area contributed by atoms with Crippen LogP contribution in [0.15, 0.2) is 48.5 Å². The zero-order chi connectivity index (χ0) is 19.7. The third kappa shape index (κ3) is 3.45. The Hall–Kier alpha value is -2.93. The molecule has 0 fully saturated rings. The van der Waals surface area contributed by atoms with E-state index in [-0.39, 0.29) is 5.91 Å². The van der Waals surface area contributed by atoms with Crippen LogP contribution in [0.5, 0.6) is 5.75 Å². The van der Waals surface area contributed by atoms with Crippen LogP contribution in [0.1, 0.15) is 34.1 Å². The Morgan fingerprint density at radius 3 is 2.64 bits per heavy atom. The fourth-order valence-corrected chi connectivity index (χ4v) is 4.54. The van der Waals surface area contributed by atoms with Gasteiger partial charge in [0.25, 0.3) is 5.91 Å². The first-order chi connectivity index (χ1) is 13.6. The molecule has 1 N–H and O–H groups in total. The van der Waals surface area contributed by atoms with E-state index in [9.17, 15) is 9.00 Å². The van der Waals surface area contributed by atoms with Crippen LogP contribution < -0.4 is 10.1 Å². The molecule has 144 valence electrons. The van der Waals surface area contributed by atoms with Crippen molar-refractivity contribution < 1.29 is 13.7 Å². The van der Waals surface area contributed by atoms with Crippen LogP contribution in [-0.2, 0) is 22.3 Å². The van der Waals surface area contributed by atoms with E-state index >= 15 is 0 Å². The van der Waals surface area contributed by atoms with Gasteiger partial charge in [0.2, 0.25) is 0 Å². The highest BCUT2D eigenvalue weighted by atomic mass is 32.2. The maximum Gasteiger partial charge on any atom is 0.256 e. The molecule has 2 aromatic carbocycles. The number of aromatic nitrogens is 2. The van der Waals surface area contributed by atoms with Gasteiger partial charge in [-0.05, 0) is 49.7 Å². The number of ether oxygens (including phenoxy) is 1. The first-order valence-corrected chi connectivity index (χ1v) is 10.6. The Labute approximate surface area is 166 Å². The van der Waals surface area contributed by atoms with Gasteiger partial charge in [0, 0.05) is 21.9 Å². The minimum Gasteiger partial charge on any atom is -0.494 e. The molecule has 1 atom stereocenters. The summed E-state index contributed by atoms with van der Waals surface area (Å²) in [5.41, 5.74) is 4.09. The molecule has 7 heteroatoms. The highest BCUT2D eigenvalue weighted by molar-refractivity contribution is 7.83. The minimum absolute atomic E-state index is 0.238. The van der Waals surface area contributed by atoms with Crippen LogP contribution in [-0.4, -0.2) is 26.5 Å². The number of nitrogens with zero attached hydrogens (tertiary/aromatic N) is 2. The maximum absolute atomic E-state index is 12.9. The van der Waals surface area contributed by atoms with Gasteiger partial charge in [-0.15, -0.1) is 0 Å². The average molecular weight is 395 g/mol. The van der Waals surface area contributed by atoms with Gasteiger partial charge in [-0.3, -0.25) is 9.00 Å². The quantitative estimate of drug-likeness (QED) is 0.716. The predicted octanol–water partition coefficient (Wildman–Crippen LogP) is 3.59. The number of anilines is 1. The molecule has 2 heterocycles. The number of amides is 1. The lowest BCUT2D eigenvalue weighted by molar-refractivity contribution is 0.102. The summed E-state index contributed by atoms with van der Waals surface area (Å²) >= 11 is 0. The summed E-state index contributed by atoms with van der Waals surface area (Å²) in [6.07, 6.45) is 0. The van der Waals surface area contributed by atoms with E-state index in [1.807, 2.05) is 38.1 Å². The smallest absolute Gasteiger partial charge is 0.256 e. The SMILES string of the molecule is CCOc1ccc(C(=O)Nc2c3c(nn2-c2ccccc2C)C[S@@](=O)C3)cc1. The van der Waals surface area contributed by atoms with Gasteiger partial charge in [0.15, 0.2) is 0 Å². The fraction of sp³-hybridized carbons (Fsp3) is 0.238. The predicted molar refractivity (Wildman–Crippen MR) is 109 cm³/mol. The number of hydrogen-bond donors (Lipinski definition) is 1. The molecule has 0 aliphatic carbocycles. The summed E-state index contributed by atoms with van der Waals surface area (Å²) in [5.74, 6) is 1.90. The summed E-state index contributed by atoms with van der Waals surface area (Å²) in [6, 6.07) is 14.9. The molecular formula is C21H21N3O3S. The van der Waals surface area contributed by atoms with Crippen molar-refractivity contribution in [3.05, 3.63) is 70.9 Å². The van der Waals surface area contributed by atoms with Crippen molar-refractivity contribution in [3.63, 3.8) is 0 Å². The Balaban J connectivity index is 1.69. The van der Waals surface area contributed by atoms with Gasteiger partial charge >= 0.3 is 0 Å². The Morgan fingerprint density at radius 2 is 1.93 bits per heavy atom. The third-order valence-electron chi connectivity index (χ3n) is 4.67. The molecule has 28 heavy (non-hydrogen) atoms. The fourth-order valence-electron chi connectivity index (χ4n) is 3.28. The highest BCUT2D eigenvalue weighted by Crippen LogP contribution is 2.32. The molecule has 1 aromatic heterocycles. The molecule has 1 aliphatic heterocycles. The number of carbonyl (C=O) groups excluding carboxylic acids is 1. The number of benzene rings is 2. The number of hydrogen-bond acceptors (Lipinski definition) is 4. The van der Waals surface area contributed by atoms with E-state index < -0.39 is 10.8 Å². The van der Waals surface area contributed by atoms with Crippen molar-refractivity contribution in [1.82, 2.24) is 9.78 Å². The largest absolute Gasteiger partial charge is 0.494 e. The zero-order valence-electron chi connectivity index (χ0n) is 15.8. The number of nitrogens with one attached hydrogen (secondary N) is 1. The van der Waals surface area contributed by atoms with Gasteiger partial charge < -0.3 is 10.1 Å². The average Bonchev–Trinajstić information content (AvgIpc) is 3.20. The second kappa shape index (κ2) is 7.59. The summed E-state index contributed by atoms with van der Waals surface area (Å²) in [7, 11) is -0.977. The molecular weight excluding hydrogens is 374 g/mol. The van der Waals surface area contributed by atoms with Crippen LogP contribution in [0.3, 0.4) is 0 Å². The highest BCUT2D eigenvalue weighted by Gasteiger charge is 2.28. The van der Waals surface area contributed by atoms with Crippen molar-refractivity contribution in [2.75, 3.05) is 11.9 Å². The van der Waals surface area contributed by atoms with Crippen molar-refractivity contribution in [2.45, 2.75) is 25.4 Å². The van der Waals surface area contributed by atoms with E-state index in [1.165, 1.54) is 0 Å². The van der Waals surface area contributed by atoms with Crippen LogP contribution in [0.4, 0.5) is 5.82 Å². The van der Waals surface area contributed by atoms with Gasteiger partial charge in [-0.25, -0.2) is 4.68 Å². The second-order valence-electron chi connectivity index (χ2n) is 6.61. The van der Waals surface area contributed by atoms with Crippen LogP contribution in [0.2, 0.25) is 0 Å². The standard InChI is InChI=1S/C21H21N3O3S/c1-3-27-16-10-8-15(9-11-16)21(25)22-20-17-12-28(26)13-18(17)23-24(20)19-7-5-4-6-14(19)2/h4-11H,3,12-13H2,1-2H3,(H,22,25)/t28-/m0/s1. The second-order valence-corrected chi connectivity index (χ2v) is 8.07.